The zero-order chi connectivity index (χ0) is 17.6. The van der Waals surface area contributed by atoms with E-state index in [0.717, 1.165) is 0 Å². The molecule has 1 aliphatic rings. The van der Waals surface area contributed by atoms with Crippen LogP contribution in [0.25, 0.3) is 0 Å². The first-order valence-electron chi connectivity index (χ1n) is 7.24. The Bertz CT molecular complexity index is 762. The molecule has 0 bridgehead atoms. The van der Waals surface area contributed by atoms with Gasteiger partial charge in [0.2, 0.25) is 0 Å². The van der Waals surface area contributed by atoms with E-state index in [1.54, 1.807) is 19.1 Å². The van der Waals surface area contributed by atoms with E-state index in [9.17, 15) is 12.3 Å². The third-order valence-corrected chi connectivity index (χ3v) is 5.20. The van der Waals surface area contributed by atoms with E-state index in [1.165, 1.54) is 0 Å². The molecule has 1 saturated heterocycles. The summed E-state index contributed by atoms with van der Waals surface area (Å²) in [6, 6.07) is 3.29. The zero-order valence-electron chi connectivity index (χ0n) is 13.9. The van der Waals surface area contributed by atoms with Gasteiger partial charge in [-0.05, 0) is 57.3 Å². The average Bonchev–Trinajstić information content (AvgIpc) is 2.59. The fourth-order valence-electron chi connectivity index (χ4n) is 2.40. The minimum atomic E-state index is -4.66. The summed E-state index contributed by atoms with van der Waals surface area (Å²) < 4.78 is 47.0. The Morgan fingerprint density at radius 3 is 2.17 bits per heavy atom. The summed E-state index contributed by atoms with van der Waals surface area (Å²) in [4.78, 5) is 0. The number of halogens is 1. The normalized spacial score (nSPS) is 19.6. The molecule has 0 N–H and O–H groups in total. The lowest BCUT2D eigenvalue weighted by molar-refractivity contribution is 0.00578. The molecule has 7 heteroatoms. The lowest BCUT2D eigenvalue weighted by Crippen LogP contribution is -2.41. The van der Waals surface area contributed by atoms with Gasteiger partial charge in [-0.15, -0.1) is 10.3 Å². The lowest BCUT2D eigenvalue weighted by atomic mass is 9.76. The largest absolute Gasteiger partial charge is 0.494 e. The zero-order valence-corrected chi connectivity index (χ0v) is 14.8. The minimum absolute atomic E-state index is 0.313. The second-order valence-corrected chi connectivity index (χ2v) is 8.13. The standard InChI is InChI=1S/C16H20BFO4S/c1-7-12-8-14(9-13(11(12)2)10-23(18,19)20)17-21-15(3,4)16(5,6)22-17/h1,8-9H,10H2,2-6H3. The van der Waals surface area contributed by atoms with Crippen LogP contribution in [0.2, 0.25) is 0 Å². The van der Waals surface area contributed by atoms with E-state index < -0.39 is 34.3 Å². The molecule has 23 heavy (non-hydrogen) atoms. The summed E-state index contributed by atoms with van der Waals surface area (Å²) in [5, 5.41) is 0. The first-order chi connectivity index (χ1) is 10.4. The molecule has 1 heterocycles. The van der Waals surface area contributed by atoms with Crippen LogP contribution in [0.1, 0.15) is 44.4 Å². The summed E-state index contributed by atoms with van der Waals surface area (Å²) >= 11 is 0. The maximum Gasteiger partial charge on any atom is 0.494 e. The van der Waals surface area contributed by atoms with Crippen LogP contribution >= 0.6 is 0 Å². The summed E-state index contributed by atoms with van der Waals surface area (Å²) in [6.45, 7) is 9.32. The first kappa shape index (κ1) is 18.0. The molecule has 0 atom stereocenters. The molecular weight excluding hydrogens is 318 g/mol. The van der Waals surface area contributed by atoms with Crippen LogP contribution < -0.4 is 5.46 Å². The Hall–Kier alpha value is -1.36. The van der Waals surface area contributed by atoms with Gasteiger partial charge in [0.05, 0.1) is 11.2 Å². The second kappa shape index (κ2) is 5.62. The minimum Gasteiger partial charge on any atom is -0.399 e. The van der Waals surface area contributed by atoms with Crippen molar-refractivity contribution in [2.75, 3.05) is 0 Å². The van der Waals surface area contributed by atoms with Crippen molar-refractivity contribution in [1.82, 2.24) is 0 Å². The van der Waals surface area contributed by atoms with Gasteiger partial charge < -0.3 is 9.31 Å². The molecule has 2 rings (SSSR count). The Morgan fingerprint density at radius 1 is 1.22 bits per heavy atom. The molecule has 1 fully saturated rings. The molecule has 0 saturated carbocycles. The van der Waals surface area contributed by atoms with Gasteiger partial charge in [0.1, 0.15) is 5.75 Å². The van der Waals surface area contributed by atoms with Gasteiger partial charge in [-0.3, -0.25) is 0 Å². The molecule has 0 amide bonds. The van der Waals surface area contributed by atoms with Gasteiger partial charge in [-0.2, -0.15) is 8.42 Å². The van der Waals surface area contributed by atoms with Gasteiger partial charge in [0.25, 0.3) is 0 Å². The van der Waals surface area contributed by atoms with E-state index in [2.05, 4.69) is 5.92 Å². The first-order valence-corrected chi connectivity index (χ1v) is 8.79. The number of benzene rings is 1. The van der Waals surface area contributed by atoms with Crippen molar-refractivity contribution in [2.24, 2.45) is 0 Å². The number of terminal acetylenes is 1. The second-order valence-electron chi connectivity index (χ2n) is 6.77. The van der Waals surface area contributed by atoms with Crippen molar-refractivity contribution < 1.29 is 21.6 Å². The summed E-state index contributed by atoms with van der Waals surface area (Å²) in [7, 11) is -5.35. The molecule has 1 aromatic carbocycles. The monoisotopic (exact) mass is 338 g/mol. The van der Waals surface area contributed by atoms with Crippen molar-refractivity contribution in [3.05, 3.63) is 28.8 Å². The van der Waals surface area contributed by atoms with Gasteiger partial charge >= 0.3 is 17.3 Å². The van der Waals surface area contributed by atoms with Gasteiger partial charge in [0, 0.05) is 5.56 Å². The van der Waals surface area contributed by atoms with E-state index in [0.29, 0.717) is 22.2 Å². The molecule has 0 unspecified atom stereocenters. The van der Waals surface area contributed by atoms with Gasteiger partial charge in [0.15, 0.2) is 0 Å². The van der Waals surface area contributed by atoms with Crippen LogP contribution in [-0.4, -0.2) is 26.7 Å². The molecule has 0 spiro atoms. The highest BCUT2D eigenvalue weighted by atomic mass is 32.3. The maximum absolute atomic E-state index is 13.1. The van der Waals surface area contributed by atoms with Crippen molar-refractivity contribution >= 4 is 22.8 Å². The van der Waals surface area contributed by atoms with Crippen LogP contribution in [0.15, 0.2) is 12.1 Å². The predicted octanol–water partition coefficient (Wildman–Crippen LogP) is 2.07. The van der Waals surface area contributed by atoms with Crippen LogP contribution in [0.5, 0.6) is 0 Å². The Balaban J connectivity index is 2.49. The van der Waals surface area contributed by atoms with E-state index in [4.69, 9.17) is 15.7 Å². The van der Waals surface area contributed by atoms with Crippen LogP contribution in [0.3, 0.4) is 0 Å². The molecule has 0 radical (unpaired) electrons. The quantitative estimate of drug-likeness (QED) is 0.481. The number of hydrogen-bond acceptors (Lipinski definition) is 4. The highest BCUT2D eigenvalue weighted by molar-refractivity contribution is 7.85. The van der Waals surface area contributed by atoms with E-state index >= 15 is 0 Å². The Morgan fingerprint density at radius 2 is 1.74 bits per heavy atom. The van der Waals surface area contributed by atoms with Crippen LogP contribution in [-0.2, 0) is 25.3 Å². The number of hydrogen-bond donors (Lipinski definition) is 0. The third-order valence-electron chi connectivity index (χ3n) is 4.55. The highest BCUT2D eigenvalue weighted by Crippen LogP contribution is 2.36. The highest BCUT2D eigenvalue weighted by Gasteiger charge is 2.51. The van der Waals surface area contributed by atoms with Crippen LogP contribution in [0, 0.1) is 19.3 Å². The molecule has 0 aromatic heterocycles. The van der Waals surface area contributed by atoms with Crippen LogP contribution in [0.4, 0.5) is 3.89 Å². The van der Waals surface area contributed by atoms with E-state index in [1.807, 2.05) is 27.7 Å². The summed E-state index contributed by atoms with van der Waals surface area (Å²) in [6.07, 6.45) is 5.48. The molecule has 124 valence electrons. The maximum atomic E-state index is 13.1. The summed E-state index contributed by atoms with van der Waals surface area (Å²) in [5.41, 5.74) is 0.884. The lowest BCUT2D eigenvalue weighted by Gasteiger charge is -2.32. The molecule has 1 aromatic rings. The predicted molar refractivity (Wildman–Crippen MR) is 88.6 cm³/mol. The Kier molecular flexibility index (Phi) is 4.40. The number of rotatable bonds is 3. The third kappa shape index (κ3) is 3.60. The fraction of sp³-hybridized carbons (Fsp3) is 0.500. The smallest absolute Gasteiger partial charge is 0.399 e. The van der Waals surface area contributed by atoms with Crippen molar-refractivity contribution in [3.63, 3.8) is 0 Å². The van der Waals surface area contributed by atoms with Crippen molar-refractivity contribution in [2.45, 2.75) is 51.6 Å². The van der Waals surface area contributed by atoms with E-state index in [-0.39, 0.29) is 0 Å². The fourth-order valence-corrected chi connectivity index (χ4v) is 3.07. The average molecular weight is 338 g/mol. The van der Waals surface area contributed by atoms with Crippen molar-refractivity contribution in [1.29, 1.82) is 0 Å². The SMILES string of the molecule is C#Cc1cc(B2OC(C)(C)C(C)(C)O2)cc(CS(=O)(=O)F)c1C. The molecule has 4 nitrogen and oxygen atoms in total. The molecule has 0 aliphatic carbocycles. The summed E-state index contributed by atoms with van der Waals surface area (Å²) in [5.74, 6) is 1.78. The Labute approximate surface area is 137 Å². The van der Waals surface area contributed by atoms with Gasteiger partial charge in [-0.25, -0.2) is 0 Å². The molecular formula is C16H20BFO4S. The topological polar surface area (TPSA) is 52.6 Å². The molecule has 1 aliphatic heterocycles. The van der Waals surface area contributed by atoms with Gasteiger partial charge in [-0.1, -0.05) is 12.0 Å². The van der Waals surface area contributed by atoms with Crippen molar-refractivity contribution in [3.8, 4) is 12.3 Å².